The molecule has 47 heavy (non-hydrogen) atoms. The molecule has 0 aromatic rings. The lowest BCUT2D eigenvalue weighted by atomic mass is 9.78. The van der Waals surface area contributed by atoms with Gasteiger partial charge >= 0.3 is 6.09 Å². The molecule has 0 radical (unpaired) electrons. The van der Waals surface area contributed by atoms with Crippen LogP contribution in [0.15, 0.2) is 93.7 Å². The van der Waals surface area contributed by atoms with Crippen LogP contribution in [0, 0.1) is 5.41 Å². The predicted octanol–water partition coefficient (Wildman–Crippen LogP) is 10.5. The van der Waals surface area contributed by atoms with Gasteiger partial charge in [-0.05, 0) is 104 Å². The van der Waals surface area contributed by atoms with Gasteiger partial charge in [-0.15, -0.1) is 0 Å². The van der Waals surface area contributed by atoms with E-state index in [1.54, 1.807) is 12.4 Å². The summed E-state index contributed by atoms with van der Waals surface area (Å²) in [6, 6.07) is 0.112. The molecule has 2 heterocycles. The number of ether oxygens (including phenoxy) is 1. The molecule has 7 nitrogen and oxygen atoms in total. The van der Waals surface area contributed by atoms with E-state index >= 15 is 0 Å². The molecule has 2 rings (SSSR count). The maximum Gasteiger partial charge on any atom is 0.410 e. The largest absolute Gasteiger partial charge is 0.444 e. The van der Waals surface area contributed by atoms with Crippen molar-refractivity contribution in [2.45, 2.75) is 134 Å². The fourth-order valence-electron chi connectivity index (χ4n) is 5.65. The molecule has 0 bridgehead atoms. The highest BCUT2D eigenvalue weighted by atomic mass is 16.6. The van der Waals surface area contributed by atoms with Crippen molar-refractivity contribution < 1.29 is 9.53 Å². The minimum Gasteiger partial charge on any atom is -0.444 e. The molecule has 0 unspecified atom stereocenters. The Morgan fingerprint density at radius 3 is 2.06 bits per heavy atom. The Bertz CT molecular complexity index is 1310. The normalized spacial score (nSPS) is 19.6. The lowest BCUT2D eigenvalue weighted by Crippen LogP contribution is -2.58. The summed E-state index contributed by atoms with van der Waals surface area (Å²) in [7, 11) is 0. The first-order valence-electron chi connectivity index (χ1n) is 16.3. The predicted molar refractivity (Wildman–Crippen MR) is 206 cm³/mol. The topological polar surface area (TPSA) is 79.4 Å². The number of nitrogens with one attached hydrogen (secondary N) is 1. The van der Waals surface area contributed by atoms with Crippen molar-refractivity contribution in [1.29, 1.82) is 0 Å². The molecule has 1 fully saturated rings. The molecule has 2 aliphatic heterocycles. The molecule has 0 spiro atoms. The highest BCUT2D eigenvalue weighted by molar-refractivity contribution is 6.05. The lowest BCUT2D eigenvalue weighted by molar-refractivity contribution is -0.00420. The average Bonchev–Trinajstić information content (AvgIpc) is 3.76. The van der Waals surface area contributed by atoms with Crippen LogP contribution in [0.25, 0.3) is 0 Å². The van der Waals surface area contributed by atoms with Gasteiger partial charge in [-0.1, -0.05) is 67.0 Å². The van der Waals surface area contributed by atoms with E-state index in [-0.39, 0.29) is 38.4 Å². The smallest absolute Gasteiger partial charge is 0.410 e. The van der Waals surface area contributed by atoms with Crippen molar-refractivity contribution in [3.63, 3.8) is 0 Å². The molecule has 0 aromatic carbocycles. The molecule has 1 N–H and O–H groups in total. The van der Waals surface area contributed by atoms with Gasteiger partial charge in [-0.2, -0.15) is 0 Å². The maximum absolute atomic E-state index is 13.0. The van der Waals surface area contributed by atoms with E-state index in [2.05, 4.69) is 95.6 Å². The van der Waals surface area contributed by atoms with Crippen LogP contribution < -0.4 is 5.32 Å². The van der Waals surface area contributed by atoms with Crippen molar-refractivity contribution in [2.24, 2.45) is 15.4 Å². The van der Waals surface area contributed by atoms with Crippen molar-refractivity contribution >= 4 is 18.0 Å². The summed E-state index contributed by atoms with van der Waals surface area (Å²) in [6.45, 7) is 36.5. The van der Waals surface area contributed by atoms with E-state index in [0.29, 0.717) is 13.1 Å². The Morgan fingerprint density at radius 1 is 1.02 bits per heavy atom. The van der Waals surface area contributed by atoms with Gasteiger partial charge in [0.2, 0.25) is 0 Å². The number of amides is 1. The molecular weight excluding hydrogens is 582 g/mol. The quantitative estimate of drug-likeness (QED) is 0.122. The summed E-state index contributed by atoms with van der Waals surface area (Å²) < 4.78 is 5.73. The van der Waals surface area contributed by atoms with Gasteiger partial charge in [0, 0.05) is 60.8 Å². The van der Waals surface area contributed by atoms with Crippen LogP contribution in [0.2, 0.25) is 0 Å². The van der Waals surface area contributed by atoms with Gasteiger partial charge in [0.15, 0.2) is 0 Å². The summed E-state index contributed by atoms with van der Waals surface area (Å²) in [6.07, 6.45) is 13.0. The zero-order chi connectivity index (χ0) is 34.1. The minimum atomic E-state index is -0.529. The minimum absolute atomic E-state index is 0. The van der Waals surface area contributed by atoms with Crippen molar-refractivity contribution in [1.82, 2.24) is 15.1 Å². The molecule has 0 aliphatic carbocycles. The van der Waals surface area contributed by atoms with Crippen LogP contribution in [0.3, 0.4) is 0 Å². The second kappa shape index (κ2) is 18.7. The molecule has 264 valence electrons. The van der Waals surface area contributed by atoms with Crippen molar-refractivity contribution in [2.75, 3.05) is 13.1 Å². The molecular formula is C40H67N5O2. The van der Waals surface area contributed by atoms with E-state index in [9.17, 15) is 4.79 Å². The number of hydrogen-bond donors (Lipinski definition) is 1. The number of rotatable bonds is 13. The summed E-state index contributed by atoms with van der Waals surface area (Å²) in [5.74, 6) is 0. The fourth-order valence-corrected chi connectivity index (χ4v) is 5.65. The number of unbranched alkanes of at least 4 members (excludes halogenated alkanes) is 1. The summed E-state index contributed by atoms with van der Waals surface area (Å²) >= 11 is 0. The number of nitrogens with zero attached hydrogens (tertiary/aromatic N) is 4. The number of carbonyl (C=O) groups excluding carboxylic acids is 1. The third-order valence-corrected chi connectivity index (χ3v) is 7.80. The van der Waals surface area contributed by atoms with Gasteiger partial charge in [-0.3, -0.25) is 9.98 Å². The lowest BCUT2D eigenvalue weighted by Gasteiger charge is -2.46. The van der Waals surface area contributed by atoms with E-state index in [4.69, 9.17) is 9.73 Å². The monoisotopic (exact) mass is 650 g/mol. The standard InChI is InChI=1S/C38H59N5O2.2CH4/c1-15-31(37(9,10)11)35(30(8)42-24-29(7)43(25-28(42)6)36(44)45-38(12,13)14)32(39-16-2)20-18-17-19-27(5)21-33(34-23-41-34)40-22-26(3)4;;/h15-16,21-23,28-29,41H,2-3,5,17-20,24-25H2,1,4,6-14H3;2*1H4/b31-15+,33-21-,35-30+,39-32?,40-22?;;/t28-,29+;;/m0../s1. The molecule has 1 saturated heterocycles. The Hall–Kier alpha value is -3.61. The first-order chi connectivity index (χ1) is 20.9. The zero-order valence-corrected chi connectivity index (χ0v) is 30.0. The summed E-state index contributed by atoms with van der Waals surface area (Å²) in [4.78, 5) is 26.8. The Kier molecular flexibility index (Phi) is 17.2. The Labute approximate surface area is 288 Å². The van der Waals surface area contributed by atoms with Crippen LogP contribution in [0.5, 0.6) is 0 Å². The van der Waals surface area contributed by atoms with E-state index < -0.39 is 5.60 Å². The van der Waals surface area contributed by atoms with Crippen molar-refractivity contribution in [3.05, 3.63) is 83.7 Å². The molecule has 1 amide bonds. The van der Waals surface area contributed by atoms with Gasteiger partial charge in [-0.25, -0.2) is 4.79 Å². The fraction of sp³-hybridized carbons (Fsp3) is 0.575. The third kappa shape index (κ3) is 13.6. The van der Waals surface area contributed by atoms with Gasteiger partial charge in [0.1, 0.15) is 5.60 Å². The van der Waals surface area contributed by atoms with Crippen LogP contribution >= 0.6 is 0 Å². The highest BCUT2D eigenvalue weighted by Gasteiger charge is 2.36. The van der Waals surface area contributed by atoms with Crippen LogP contribution in [-0.2, 0) is 4.74 Å². The van der Waals surface area contributed by atoms with Crippen LogP contribution in [-0.4, -0.2) is 58.6 Å². The Balaban J connectivity index is 0.0000106. The van der Waals surface area contributed by atoms with Gasteiger partial charge in [0.25, 0.3) is 0 Å². The average molecular weight is 650 g/mol. The first kappa shape index (κ1) is 43.4. The number of allylic oxidation sites excluding steroid dienone is 7. The van der Waals surface area contributed by atoms with E-state index in [1.807, 2.05) is 38.8 Å². The SMILES string of the molecule is C.C.C=CN=C(CCCCC(=C)/C=C(\N=CC(=C)C)C1=CN1)C(/C(=C\C)C(C)(C)C)=C(\C)N1C[C@@H](C)N(C(=O)OC(C)(C)C)C[C@@H]1C. The third-order valence-electron chi connectivity index (χ3n) is 7.80. The van der Waals surface area contributed by atoms with Gasteiger partial charge < -0.3 is 19.9 Å². The molecule has 7 heteroatoms. The highest BCUT2D eigenvalue weighted by Crippen LogP contribution is 2.37. The first-order valence-corrected chi connectivity index (χ1v) is 16.3. The van der Waals surface area contributed by atoms with Crippen LogP contribution in [0.1, 0.15) is 117 Å². The molecule has 2 atom stereocenters. The molecule has 0 saturated carbocycles. The number of aliphatic imine (C=N–C) groups is 2. The van der Waals surface area contributed by atoms with Crippen molar-refractivity contribution in [3.8, 4) is 0 Å². The second-order valence-corrected chi connectivity index (χ2v) is 14.4. The van der Waals surface area contributed by atoms with E-state index in [1.165, 1.54) is 16.8 Å². The number of piperazine rings is 1. The molecule has 2 aliphatic rings. The van der Waals surface area contributed by atoms with E-state index in [0.717, 1.165) is 53.9 Å². The number of hydrogen-bond acceptors (Lipinski definition) is 6. The maximum atomic E-state index is 13.0. The number of carbonyl (C=O) groups is 1. The van der Waals surface area contributed by atoms with Crippen LogP contribution in [0.4, 0.5) is 4.79 Å². The molecule has 0 aromatic heterocycles. The van der Waals surface area contributed by atoms with Gasteiger partial charge in [0.05, 0.1) is 11.4 Å². The summed E-state index contributed by atoms with van der Waals surface area (Å²) in [5, 5.41) is 3.13. The zero-order valence-electron chi connectivity index (χ0n) is 30.0. The second-order valence-electron chi connectivity index (χ2n) is 14.4. The summed E-state index contributed by atoms with van der Waals surface area (Å²) in [5.41, 5.74) is 7.90. The Morgan fingerprint density at radius 2 is 1.57 bits per heavy atom.